The minimum Gasteiger partial charge on any atom is -0.457 e. The number of ether oxygens (including phenoxy) is 1. The predicted molar refractivity (Wildman–Crippen MR) is 86.2 cm³/mol. The Hall–Kier alpha value is -2.59. The van der Waals surface area contributed by atoms with Gasteiger partial charge in [0.05, 0.1) is 0 Å². The molecule has 0 aliphatic carbocycles. The zero-order chi connectivity index (χ0) is 15.7. The number of hydrogen-bond donors (Lipinski definition) is 2. The van der Waals surface area contributed by atoms with E-state index in [1.54, 1.807) is 24.3 Å². The molecule has 21 heavy (non-hydrogen) atoms. The molecule has 0 aliphatic heterocycles. The van der Waals surface area contributed by atoms with E-state index in [0.29, 0.717) is 16.9 Å². The molecule has 2 rings (SSSR count). The summed E-state index contributed by atoms with van der Waals surface area (Å²) in [5.74, 6) is 0.938. The first kappa shape index (κ1) is 16.5. The lowest BCUT2D eigenvalue weighted by atomic mass is 10.1. The average molecular weight is 284 g/mol. The molecule has 4 heteroatoms. The standard InChI is InChI=1S/C15H13NO2.C2H7N/c1-11(15(16)17)12-7-9-14(10-8-12)18-13-5-3-2-4-6-13;1-3-2/h2-10H,1H2,(H2,16,17);3H,1-2H3. The fraction of sp³-hybridized carbons (Fsp3) is 0.118. The Balaban J connectivity index is 0.000000677. The molecule has 0 bridgehead atoms. The highest BCUT2D eigenvalue weighted by molar-refractivity contribution is 6.17. The summed E-state index contributed by atoms with van der Waals surface area (Å²) in [6, 6.07) is 16.5. The zero-order valence-electron chi connectivity index (χ0n) is 12.3. The van der Waals surface area contributed by atoms with Gasteiger partial charge in [0.25, 0.3) is 0 Å². The third-order valence-electron chi connectivity index (χ3n) is 2.48. The number of para-hydroxylation sites is 1. The number of carbonyl (C=O) groups excluding carboxylic acids is 1. The smallest absolute Gasteiger partial charge is 0.248 e. The third-order valence-corrected chi connectivity index (χ3v) is 2.48. The number of rotatable bonds is 4. The summed E-state index contributed by atoms with van der Waals surface area (Å²) < 4.78 is 5.63. The van der Waals surface area contributed by atoms with Gasteiger partial charge in [-0.2, -0.15) is 0 Å². The average Bonchev–Trinajstić information content (AvgIpc) is 2.49. The summed E-state index contributed by atoms with van der Waals surface area (Å²) in [5, 5.41) is 2.75. The molecule has 110 valence electrons. The monoisotopic (exact) mass is 284 g/mol. The van der Waals surface area contributed by atoms with E-state index >= 15 is 0 Å². The molecule has 0 aliphatic rings. The van der Waals surface area contributed by atoms with Crippen LogP contribution in [0.15, 0.2) is 61.2 Å². The lowest BCUT2D eigenvalue weighted by Gasteiger charge is -2.06. The molecule has 0 saturated carbocycles. The minimum absolute atomic E-state index is 0.293. The zero-order valence-corrected chi connectivity index (χ0v) is 12.3. The van der Waals surface area contributed by atoms with Gasteiger partial charge in [-0.1, -0.05) is 36.9 Å². The molecule has 3 N–H and O–H groups in total. The number of amides is 1. The predicted octanol–water partition coefficient (Wildman–Crippen LogP) is 2.81. The number of nitrogens with two attached hydrogens (primary N) is 1. The molecule has 0 aromatic heterocycles. The molecule has 0 atom stereocenters. The minimum atomic E-state index is -0.522. The van der Waals surface area contributed by atoms with Crippen molar-refractivity contribution in [2.45, 2.75) is 0 Å². The first-order chi connectivity index (χ1) is 10.1. The highest BCUT2D eigenvalue weighted by Gasteiger charge is 2.05. The van der Waals surface area contributed by atoms with E-state index in [9.17, 15) is 4.79 Å². The van der Waals surface area contributed by atoms with Crippen LogP contribution < -0.4 is 15.8 Å². The van der Waals surface area contributed by atoms with E-state index in [-0.39, 0.29) is 0 Å². The molecular formula is C17H20N2O2. The third kappa shape index (κ3) is 5.50. The maximum Gasteiger partial charge on any atom is 0.248 e. The maximum atomic E-state index is 11.0. The van der Waals surface area contributed by atoms with E-state index in [4.69, 9.17) is 10.5 Å². The first-order valence-corrected chi connectivity index (χ1v) is 6.49. The molecule has 0 heterocycles. The Kier molecular flexibility index (Phi) is 6.71. The van der Waals surface area contributed by atoms with Gasteiger partial charge < -0.3 is 15.8 Å². The van der Waals surface area contributed by atoms with E-state index in [0.717, 1.165) is 5.75 Å². The van der Waals surface area contributed by atoms with Crippen molar-refractivity contribution in [3.8, 4) is 11.5 Å². The van der Waals surface area contributed by atoms with Crippen molar-refractivity contribution in [2.75, 3.05) is 14.1 Å². The lowest BCUT2D eigenvalue weighted by molar-refractivity contribution is -0.112. The second kappa shape index (κ2) is 8.55. The molecule has 0 unspecified atom stereocenters. The van der Waals surface area contributed by atoms with Crippen LogP contribution in [0, 0.1) is 0 Å². The summed E-state index contributed by atoms with van der Waals surface area (Å²) >= 11 is 0. The Morgan fingerprint density at radius 3 is 1.95 bits per heavy atom. The van der Waals surface area contributed by atoms with Crippen molar-refractivity contribution in [3.63, 3.8) is 0 Å². The van der Waals surface area contributed by atoms with Gasteiger partial charge in [0, 0.05) is 5.57 Å². The number of benzene rings is 2. The van der Waals surface area contributed by atoms with Crippen LogP contribution in [0.3, 0.4) is 0 Å². The van der Waals surface area contributed by atoms with Crippen molar-refractivity contribution in [2.24, 2.45) is 5.73 Å². The molecule has 2 aromatic carbocycles. The lowest BCUT2D eigenvalue weighted by Crippen LogP contribution is -2.11. The van der Waals surface area contributed by atoms with Crippen molar-refractivity contribution >= 4 is 11.5 Å². The van der Waals surface area contributed by atoms with Gasteiger partial charge in [0.1, 0.15) is 11.5 Å². The quantitative estimate of drug-likeness (QED) is 0.849. The van der Waals surface area contributed by atoms with Crippen LogP contribution in [-0.2, 0) is 4.79 Å². The molecule has 1 amide bonds. The summed E-state index contributed by atoms with van der Waals surface area (Å²) in [6.45, 7) is 3.62. The number of carbonyl (C=O) groups is 1. The summed E-state index contributed by atoms with van der Waals surface area (Å²) in [5.41, 5.74) is 6.15. The van der Waals surface area contributed by atoms with Crippen LogP contribution in [0.1, 0.15) is 5.56 Å². The van der Waals surface area contributed by atoms with Crippen molar-refractivity contribution in [3.05, 3.63) is 66.7 Å². The summed E-state index contributed by atoms with van der Waals surface area (Å²) in [6.07, 6.45) is 0. The Labute approximate surface area is 125 Å². The van der Waals surface area contributed by atoms with Gasteiger partial charge in [-0.25, -0.2) is 0 Å². The normalized spacial score (nSPS) is 9.24. The van der Waals surface area contributed by atoms with Gasteiger partial charge in [0.2, 0.25) is 5.91 Å². The largest absolute Gasteiger partial charge is 0.457 e. The second-order valence-electron chi connectivity index (χ2n) is 4.28. The van der Waals surface area contributed by atoms with Crippen LogP contribution in [0.2, 0.25) is 0 Å². The SMILES string of the molecule is C=C(C(N)=O)c1ccc(Oc2ccccc2)cc1.CNC. The molecule has 0 fully saturated rings. The van der Waals surface area contributed by atoms with Crippen LogP contribution >= 0.6 is 0 Å². The molecule has 2 aromatic rings. The van der Waals surface area contributed by atoms with Gasteiger partial charge >= 0.3 is 0 Å². The number of nitrogens with one attached hydrogen (secondary N) is 1. The number of hydrogen-bond acceptors (Lipinski definition) is 3. The van der Waals surface area contributed by atoms with Crippen molar-refractivity contribution in [1.82, 2.24) is 5.32 Å². The summed E-state index contributed by atoms with van der Waals surface area (Å²) in [4.78, 5) is 11.0. The van der Waals surface area contributed by atoms with E-state index in [1.807, 2.05) is 44.4 Å². The van der Waals surface area contributed by atoms with E-state index in [2.05, 4.69) is 11.9 Å². The van der Waals surface area contributed by atoms with Gasteiger partial charge in [-0.15, -0.1) is 0 Å². The maximum absolute atomic E-state index is 11.0. The Morgan fingerprint density at radius 1 is 1.00 bits per heavy atom. The highest BCUT2D eigenvalue weighted by atomic mass is 16.5. The molecule has 0 spiro atoms. The Bertz CT molecular complexity index is 577. The number of primary amides is 1. The van der Waals surface area contributed by atoms with Gasteiger partial charge in [-0.3, -0.25) is 4.79 Å². The molecule has 0 radical (unpaired) electrons. The molecular weight excluding hydrogens is 264 g/mol. The highest BCUT2D eigenvalue weighted by Crippen LogP contribution is 2.22. The molecule has 0 saturated heterocycles. The van der Waals surface area contributed by atoms with Crippen LogP contribution in [-0.4, -0.2) is 20.0 Å². The Morgan fingerprint density at radius 2 is 1.48 bits per heavy atom. The first-order valence-electron chi connectivity index (χ1n) is 6.49. The van der Waals surface area contributed by atoms with Crippen LogP contribution in [0.25, 0.3) is 5.57 Å². The van der Waals surface area contributed by atoms with E-state index in [1.165, 1.54) is 0 Å². The molecule has 4 nitrogen and oxygen atoms in total. The topological polar surface area (TPSA) is 64.4 Å². The van der Waals surface area contributed by atoms with Gasteiger partial charge in [0.15, 0.2) is 0 Å². The van der Waals surface area contributed by atoms with Crippen molar-refractivity contribution in [1.29, 1.82) is 0 Å². The van der Waals surface area contributed by atoms with E-state index < -0.39 is 5.91 Å². The second-order valence-corrected chi connectivity index (χ2v) is 4.28. The van der Waals surface area contributed by atoms with Crippen LogP contribution in [0.5, 0.6) is 11.5 Å². The van der Waals surface area contributed by atoms with Crippen LogP contribution in [0.4, 0.5) is 0 Å². The summed E-state index contributed by atoms with van der Waals surface area (Å²) in [7, 11) is 3.75. The fourth-order valence-corrected chi connectivity index (χ4v) is 1.49. The fourth-order valence-electron chi connectivity index (χ4n) is 1.49. The van der Waals surface area contributed by atoms with Gasteiger partial charge in [-0.05, 0) is 43.9 Å². The van der Waals surface area contributed by atoms with Crippen molar-refractivity contribution < 1.29 is 9.53 Å².